The Kier molecular flexibility index (Phi) is 6.08. The van der Waals surface area contributed by atoms with E-state index in [2.05, 4.69) is 15.8 Å². The molecule has 2 aromatic carbocycles. The molecule has 0 aliphatic carbocycles. The Morgan fingerprint density at radius 3 is 2.25 bits per heavy atom. The van der Waals surface area contributed by atoms with Gasteiger partial charge in [-0.3, -0.25) is 9.59 Å². The molecule has 0 fully saturated rings. The summed E-state index contributed by atoms with van der Waals surface area (Å²) in [7, 11) is 0. The summed E-state index contributed by atoms with van der Waals surface area (Å²) in [6.07, 6.45) is 0.161. The van der Waals surface area contributed by atoms with E-state index in [-0.39, 0.29) is 24.7 Å². The van der Waals surface area contributed by atoms with E-state index in [9.17, 15) is 9.59 Å². The fourth-order valence-electron chi connectivity index (χ4n) is 1.96. The summed E-state index contributed by atoms with van der Waals surface area (Å²) in [5.74, 6) is -0.524. The van der Waals surface area contributed by atoms with E-state index in [0.717, 1.165) is 5.56 Å². The molecule has 0 heterocycles. The highest BCUT2D eigenvalue weighted by molar-refractivity contribution is 5.99. The van der Waals surface area contributed by atoms with Crippen LogP contribution in [0.5, 0.6) is 0 Å². The number of nitrogens with zero attached hydrogens (tertiary/aromatic N) is 1. The van der Waals surface area contributed by atoms with Crippen molar-refractivity contribution in [1.82, 2.24) is 5.43 Å². The number of nitrogens with one attached hydrogen (secondary N) is 2. The van der Waals surface area contributed by atoms with Crippen molar-refractivity contribution >= 4 is 28.9 Å². The van der Waals surface area contributed by atoms with E-state index >= 15 is 0 Å². The molecule has 24 heavy (non-hydrogen) atoms. The first-order valence-corrected chi connectivity index (χ1v) is 7.58. The first kappa shape index (κ1) is 17.2. The topological polar surface area (TPSA) is 96.6 Å². The Morgan fingerprint density at radius 2 is 1.58 bits per heavy atom. The molecule has 0 atom stereocenters. The van der Waals surface area contributed by atoms with Crippen LogP contribution in [-0.4, -0.2) is 17.5 Å². The molecule has 124 valence electrons. The molecule has 0 aromatic heterocycles. The Morgan fingerprint density at radius 1 is 0.958 bits per heavy atom. The first-order chi connectivity index (χ1) is 11.5. The van der Waals surface area contributed by atoms with Crippen LogP contribution in [0.15, 0.2) is 59.7 Å². The summed E-state index contributed by atoms with van der Waals surface area (Å²) in [4.78, 5) is 23.5. The van der Waals surface area contributed by atoms with E-state index < -0.39 is 0 Å². The number of hydrogen-bond acceptors (Lipinski definition) is 4. The van der Waals surface area contributed by atoms with Crippen molar-refractivity contribution in [3.8, 4) is 0 Å². The summed E-state index contributed by atoms with van der Waals surface area (Å²) in [5, 5.41) is 6.76. The van der Waals surface area contributed by atoms with Crippen molar-refractivity contribution in [3.63, 3.8) is 0 Å². The van der Waals surface area contributed by atoms with Crippen LogP contribution in [-0.2, 0) is 9.59 Å². The van der Waals surface area contributed by atoms with Gasteiger partial charge >= 0.3 is 0 Å². The summed E-state index contributed by atoms with van der Waals surface area (Å²) in [5.41, 5.74) is 11.0. The highest BCUT2D eigenvalue weighted by atomic mass is 16.2. The average Bonchev–Trinajstić information content (AvgIpc) is 2.59. The number of nitrogens with two attached hydrogens (primary N) is 1. The van der Waals surface area contributed by atoms with Gasteiger partial charge in [-0.15, -0.1) is 0 Å². The van der Waals surface area contributed by atoms with Crippen molar-refractivity contribution in [2.75, 3.05) is 11.1 Å². The zero-order valence-electron chi connectivity index (χ0n) is 13.5. The van der Waals surface area contributed by atoms with Crippen molar-refractivity contribution in [2.24, 2.45) is 5.10 Å². The van der Waals surface area contributed by atoms with Crippen LogP contribution in [0.1, 0.15) is 25.3 Å². The number of benzene rings is 2. The molecular weight excluding hydrogens is 304 g/mol. The molecule has 2 aromatic rings. The molecule has 0 radical (unpaired) electrons. The number of para-hydroxylation sites is 1. The summed E-state index contributed by atoms with van der Waals surface area (Å²) in [6.45, 7) is 1.79. The zero-order chi connectivity index (χ0) is 17.4. The van der Waals surface area contributed by atoms with Gasteiger partial charge in [0.25, 0.3) is 0 Å². The van der Waals surface area contributed by atoms with Gasteiger partial charge in [-0.25, -0.2) is 5.43 Å². The van der Waals surface area contributed by atoms with E-state index in [4.69, 9.17) is 5.73 Å². The van der Waals surface area contributed by atoms with Crippen LogP contribution in [0.4, 0.5) is 11.4 Å². The van der Waals surface area contributed by atoms with Crippen molar-refractivity contribution in [2.45, 2.75) is 19.8 Å². The molecule has 0 aliphatic rings. The molecular formula is C18H20N4O2. The van der Waals surface area contributed by atoms with E-state index in [0.29, 0.717) is 17.1 Å². The second-order valence-electron chi connectivity index (χ2n) is 5.27. The maximum absolute atomic E-state index is 11.8. The smallest absolute Gasteiger partial charge is 0.240 e. The molecule has 6 nitrogen and oxygen atoms in total. The van der Waals surface area contributed by atoms with Crippen LogP contribution in [0.2, 0.25) is 0 Å². The number of rotatable bonds is 6. The van der Waals surface area contributed by atoms with Gasteiger partial charge in [0.05, 0.1) is 5.71 Å². The first-order valence-electron chi connectivity index (χ1n) is 7.58. The lowest BCUT2D eigenvalue weighted by molar-refractivity contribution is -0.124. The minimum absolute atomic E-state index is 0.0667. The fraction of sp³-hybridized carbons (Fsp3) is 0.167. The number of hydrogen-bond donors (Lipinski definition) is 3. The van der Waals surface area contributed by atoms with Crippen LogP contribution in [0, 0.1) is 0 Å². The van der Waals surface area contributed by atoms with E-state index in [1.807, 2.05) is 30.3 Å². The van der Waals surface area contributed by atoms with E-state index in [1.165, 1.54) is 0 Å². The predicted molar refractivity (Wildman–Crippen MR) is 95.5 cm³/mol. The Balaban J connectivity index is 1.77. The van der Waals surface area contributed by atoms with Gasteiger partial charge in [0.1, 0.15) is 0 Å². The number of nitrogen functional groups attached to an aromatic ring is 1. The Hall–Kier alpha value is -3.15. The van der Waals surface area contributed by atoms with Crippen molar-refractivity contribution in [3.05, 3.63) is 60.2 Å². The molecule has 2 amide bonds. The normalized spacial score (nSPS) is 11.0. The van der Waals surface area contributed by atoms with Crippen LogP contribution >= 0.6 is 0 Å². The van der Waals surface area contributed by atoms with Gasteiger partial charge in [-0.2, -0.15) is 5.10 Å². The molecule has 2 rings (SSSR count). The number of carbonyl (C=O) groups excluding carboxylic acids is 2. The number of anilines is 2. The third-order valence-corrected chi connectivity index (χ3v) is 3.31. The van der Waals surface area contributed by atoms with Gasteiger partial charge in [-0.1, -0.05) is 30.3 Å². The monoisotopic (exact) mass is 324 g/mol. The zero-order valence-corrected chi connectivity index (χ0v) is 13.5. The second kappa shape index (κ2) is 8.47. The van der Waals surface area contributed by atoms with Crippen molar-refractivity contribution in [1.29, 1.82) is 0 Å². The quantitative estimate of drug-likeness (QED) is 0.433. The maximum Gasteiger partial charge on any atom is 0.240 e. The lowest BCUT2D eigenvalue weighted by atomic mass is 10.1. The van der Waals surface area contributed by atoms with Gasteiger partial charge in [-0.05, 0) is 36.8 Å². The highest BCUT2D eigenvalue weighted by Gasteiger charge is 2.07. The summed E-state index contributed by atoms with van der Waals surface area (Å²) < 4.78 is 0. The largest absolute Gasteiger partial charge is 0.399 e. The summed E-state index contributed by atoms with van der Waals surface area (Å²) in [6, 6.07) is 16.3. The fourth-order valence-corrected chi connectivity index (χ4v) is 1.96. The van der Waals surface area contributed by atoms with Crippen LogP contribution in [0.25, 0.3) is 0 Å². The lowest BCUT2D eigenvalue weighted by Crippen LogP contribution is -2.21. The maximum atomic E-state index is 11.8. The molecule has 0 spiro atoms. The van der Waals surface area contributed by atoms with Crippen LogP contribution in [0.3, 0.4) is 0 Å². The van der Waals surface area contributed by atoms with Gasteiger partial charge in [0.15, 0.2) is 0 Å². The Labute approximate surface area is 140 Å². The van der Waals surface area contributed by atoms with Gasteiger partial charge in [0, 0.05) is 24.2 Å². The molecule has 0 saturated heterocycles. The summed E-state index contributed by atoms with van der Waals surface area (Å²) >= 11 is 0. The second-order valence-corrected chi connectivity index (χ2v) is 5.27. The van der Waals surface area contributed by atoms with E-state index in [1.54, 1.807) is 31.2 Å². The van der Waals surface area contributed by atoms with Gasteiger partial charge in [0.2, 0.25) is 11.8 Å². The highest BCUT2D eigenvalue weighted by Crippen LogP contribution is 2.07. The minimum Gasteiger partial charge on any atom is -0.399 e. The third-order valence-electron chi connectivity index (χ3n) is 3.31. The van der Waals surface area contributed by atoms with Gasteiger partial charge < -0.3 is 11.1 Å². The predicted octanol–water partition coefficient (Wildman–Crippen LogP) is 2.53. The average molecular weight is 324 g/mol. The molecule has 4 N–H and O–H groups in total. The standard InChI is InChI=1S/C18H20N4O2/c1-13(14-7-9-15(19)10-8-14)21-22-18(24)12-11-17(23)20-16-5-3-2-4-6-16/h2-10H,11-12,19H2,1H3,(H,20,23)(H,22,24)/b21-13-. The molecule has 0 aliphatic heterocycles. The SMILES string of the molecule is C/C(=N/NC(=O)CCC(=O)Nc1ccccc1)c1ccc(N)cc1. The molecule has 6 heteroatoms. The molecule has 0 unspecified atom stereocenters. The lowest BCUT2D eigenvalue weighted by Gasteiger charge is -2.05. The Bertz CT molecular complexity index is 724. The number of carbonyl (C=O) groups is 2. The molecule has 0 saturated carbocycles. The van der Waals surface area contributed by atoms with Crippen molar-refractivity contribution < 1.29 is 9.59 Å². The van der Waals surface area contributed by atoms with Crippen LogP contribution < -0.4 is 16.5 Å². The number of hydrazone groups is 1. The third kappa shape index (κ3) is 5.57. The molecule has 0 bridgehead atoms. The minimum atomic E-state index is -0.312. The number of amides is 2.